The van der Waals surface area contributed by atoms with Crippen molar-refractivity contribution in [3.05, 3.63) is 139 Å². The summed E-state index contributed by atoms with van der Waals surface area (Å²) >= 11 is 6.19. The number of carbonyl (C=O) groups is 4. The Morgan fingerprint density at radius 3 is 1.40 bits per heavy atom. The monoisotopic (exact) mass is 1100 g/mol. The van der Waals surface area contributed by atoms with E-state index in [1.807, 2.05) is 24.3 Å². The third kappa shape index (κ3) is 19.3. The lowest BCUT2D eigenvalue weighted by Crippen LogP contribution is -2.37. The fraction of sp³-hybridized carbons (Fsp3) is 0.418. The minimum atomic E-state index is -0.981. The largest absolute Gasteiger partial charge is 0.478 e. The highest BCUT2D eigenvalue weighted by Crippen LogP contribution is 2.34. The van der Waals surface area contributed by atoms with E-state index < -0.39 is 5.97 Å². The van der Waals surface area contributed by atoms with Gasteiger partial charge in [-0.2, -0.15) is 0 Å². The number of rotatable bonds is 18. The summed E-state index contributed by atoms with van der Waals surface area (Å²) in [6.07, 6.45) is 13.1. The van der Waals surface area contributed by atoms with E-state index >= 15 is 0 Å². The molecule has 0 bridgehead atoms. The Balaban J connectivity index is 0.000000225. The van der Waals surface area contributed by atoms with Crippen LogP contribution in [0.5, 0.6) is 0 Å². The van der Waals surface area contributed by atoms with Gasteiger partial charge in [0.25, 0.3) is 0 Å². The molecular weight excluding hydrogens is 1030 g/mol. The number of anilines is 3. The van der Waals surface area contributed by atoms with Crippen LogP contribution in [0.15, 0.2) is 116 Å². The summed E-state index contributed by atoms with van der Waals surface area (Å²) in [6.45, 7) is 24.4. The SMILES string of the molecule is C=CC(=O)Cc1ccc(CN2CCC(C(=O)Nc3ncc(SCc4ncc(C(C)(C)C)o4)s3)CC2)cc1.C=CC(=O)O.CC(C)(C)c1cnc(CSc2cnc(NC(=O)C3CCN(Cc4ccc(N)cc4)CC3)s2)o1. The van der Waals surface area contributed by atoms with Crippen LogP contribution in [0.2, 0.25) is 0 Å². The fourth-order valence-corrected chi connectivity index (χ4v) is 11.2. The van der Waals surface area contributed by atoms with Crippen LogP contribution in [-0.4, -0.2) is 84.6 Å². The molecule has 0 unspecified atom stereocenters. The molecule has 75 heavy (non-hydrogen) atoms. The number of aliphatic carboxylic acids is 1. The number of allylic oxidation sites excluding steroid dienone is 1. The van der Waals surface area contributed by atoms with Crippen molar-refractivity contribution in [1.29, 1.82) is 0 Å². The molecule has 0 spiro atoms. The topological polar surface area (TPSA) is 223 Å². The summed E-state index contributed by atoms with van der Waals surface area (Å²) in [5.74, 6) is 3.59. The van der Waals surface area contributed by atoms with Crippen molar-refractivity contribution in [2.24, 2.45) is 11.8 Å². The number of nitrogens with one attached hydrogen (secondary N) is 2. The van der Waals surface area contributed by atoms with E-state index in [0.29, 0.717) is 40.0 Å². The van der Waals surface area contributed by atoms with E-state index in [9.17, 15) is 19.2 Å². The molecule has 0 saturated carbocycles. The number of ketones is 1. The second kappa shape index (κ2) is 27.8. The van der Waals surface area contributed by atoms with Gasteiger partial charge in [0.1, 0.15) is 11.5 Å². The zero-order valence-electron chi connectivity index (χ0n) is 43.6. The van der Waals surface area contributed by atoms with Gasteiger partial charge in [-0.3, -0.25) is 24.2 Å². The summed E-state index contributed by atoms with van der Waals surface area (Å²) < 4.78 is 13.7. The van der Waals surface area contributed by atoms with Crippen molar-refractivity contribution >= 4 is 85.7 Å². The first-order chi connectivity index (χ1) is 35.7. The third-order valence-corrected chi connectivity index (χ3v) is 16.4. The number of nitrogen functional groups attached to an aromatic ring is 1. The molecule has 6 aromatic rings. The summed E-state index contributed by atoms with van der Waals surface area (Å²) in [5.41, 5.74) is 9.90. The number of aromatic nitrogens is 4. The number of hydrogen-bond acceptors (Lipinski definition) is 17. The Morgan fingerprint density at radius 1 is 0.653 bits per heavy atom. The van der Waals surface area contributed by atoms with Gasteiger partial charge in [-0.1, -0.05) is 114 Å². The highest BCUT2D eigenvalue weighted by molar-refractivity contribution is 8.00. The van der Waals surface area contributed by atoms with Crippen molar-refractivity contribution in [2.75, 3.05) is 42.5 Å². The lowest BCUT2D eigenvalue weighted by Gasteiger charge is -2.31. The maximum atomic E-state index is 12.8. The van der Waals surface area contributed by atoms with Crippen LogP contribution in [0, 0.1) is 11.8 Å². The fourth-order valence-electron chi connectivity index (χ4n) is 7.78. The Morgan fingerprint density at radius 2 is 1.04 bits per heavy atom. The van der Waals surface area contributed by atoms with Crippen molar-refractivity contribution in [2.45, 2.75) is 117 Å². The van der Waals surface area contributed by atoms with Crippen molar-refractivity contribution in [3.63, 3.8) is 0 Å². The van der Waals surface area contributed by atoms with Crippen molar-refractivity contribution in [3.8, 4) is 0 Å². The molecule has 2 amide bonds. The highest BCUT2D eigenvalue weighted by atomic mass is 32.2. The molecule has 2 aliphatic heterocycles. The molecule has 0 aliphatic carbocycles. The Labute approximate surface area is 456 Å². The van der Waals surface area contributed by atoms with Gasteiger partial charge in [0.15, 0.2) is 16.0 Å². The van der Waals surface area contributed by atoms with Gasteiger partial charge in [0.2, 0.25) is 23.6 Å². The summed E-state index contributed by atoms with van der Waals surface area (Å²) in [5, 5.41) is 14.9. The maximum absolute atomic E-state index is 12.8. The van der Waals surface area contributed by atoms with Crippen molar-refractivity contribution in [1.82, 2.24) is 29.7 Å². The van der Waals surface area contributed by atoms with Crippen LogP contribution in [0.1, 0.15) is 107 Å². The zero-order chi connectivity index (χ0) is 54.1. The van der Waals surface area contributed by atoms with Gasteiger partial charge in [-0.05, 0) is 86.8 Å². The Kier molecular flexibility index (Phi) is 21.6. The van der Waals surface area contributed by atoms with E-state index in [1.54, 1.807) is 48.3 Å². The van der Waals surface area contributed by atoms with Gasteiger partial charge in [-0.15, -0.1) is 23.5 Å². The minimum absolute atomic E-state index is 0.00770. The van der Waals surface area contributed by atoms with Gasteiger partial charge in [0, 0.05) is 53.9 Å². The number of nitrogens with zero attached hydrogens (tertiary/aromatic N) is 6. The second-order valence-corrected chi connectivity index (χ2v) is 24.9. The molecule has 2 saturated heterocycles. The van der Waals surface area contributed by atoms with Gasteiger partial charge >= 0.3 is 5.97 Å². The smallest absolute Gasteiger partial charge is 0.327 e. The van der Waals surface area contributed by atoms with Gasteiger partial charge in [-0.25, -0.2) is 24.7 Å². The molecule has 400 valence electrons. The van der Waals surface area contributed by atoms with Crippen LogP contribution < -0.4 is 16.4 Å². The van der Waals surface area contributed by atoms with E-state index in [-0.39, 0.29) is 40.3 Å². The van der Waals surface area contributed by atoms with E-state index in [2.05, 4.69) is 119 Å². The predicted molar refractivity (Wildman–Crippen MR) is 301 cm³/mol. The Hall–Kier alpha value is -5.90. The number of thiazole rings is 2. The second-order valence-electron chi connectivity index (χ2n) is 20.3. The molecule has 0 atom stereocenters. The van der Waals surface area contributed by atoms with Gasteiger partial charge < -0.3 is 30.3 Å². The third-order valence-electron chi connectivity index (χ3n) is 12.2. The number of hydrogen-bond donors (Lipinski definition) is 4. The molecule has 2 aromatic carbocycles. The van der Waals surface area contributed by atoms with Crippen LogP contribution in [0.25, 0.3) is 0 Å². The molecule has 6 heterocycles. The molecule has 20 heteroatoms. The molecule has 5 N–H and O–H groups in total. The number of carboxylic acids is 1. The normalized spacial score (nSPS) is 14.7. The lowest BCUT2D eigenvalue weighted by molar-refractivity contribution is -0.131. The summed E-state index contributed by atoms with van der Waals surface area (Å²) in [4.78, 5) is 68.6. The molecule has 2 aliphatic rings. The standard InChI is InChI=1S/C28H34N4O3S2.C24H31N5O2S2.C3H4O2/c1-5-22(33)14-19-6-8-20(9-7-19)17-32-12-10-21(11-13-32)26(34)31-27-30-16-25(37-27)36-18-24-29-15-23(35-24)28(2,3)4;1-24(2,3)19-12-26-20(31-19)15-32-21-13-27-23(33-21)28-22(30)17-8-10-29(11-9-17)14-16-4-6-18(25)7-5-16;1-2-3(4)5/h5-9,15-16,21H,1,10-14,17-18H2,2-4H3,(H,30,31,34);4-7,12-13,17H,8-11,14-15,25H2,1-3H3,(H,27,28,30);2H,1H2,(H,4,5). The average molecular weight is 1100 g/mol. The highest BCUT2D eigenvalue weighted by Gasteiger charge is 2.28. The summed E-state index contributed by atoms with van der Waals surface area (Å²) in [7, 11) is 0. The van der Waals surface area contributed by atoms with Crippen LogP contribution in [0.3, 0.4) is 0 Å². The van der Waals surface area contributed by atoms with E-state index in [1.165, 1.54) is 39.9 Å². The molecule has 0 radical (unpaired) electrons. The van der Waals surface area contributed by atoms with Crippen LogP contribution in [-0.2, 0) is 61.0 Å². The average Bonchev–Trinajstić information content (AvgIpc) is 4.24. The molecule has 2 fully saturated rings. The molecule has 8 rings (SSSR count). The summed E-state index contributed by atoms with van der Waals surface area (Å²) in [6, 6.07) is 16.2. The number of nitrogens with two attached hydrogens (primary N) is 1. The van der Waals surface area contributed by atoms with E-state index in [4.69, 9.17) is 19.7 Å². The molecule has 16 nitrogen and oxygen atoms in total. The number of oxazole rings is 2. The number of thioether (sulfide) groups is 2. The quantitative estimate of drug-likeness (QED) is 0.0357. The Bertz CT molecular complexity index is 2810. The first-order valence-corrected chi connectivity index (χ1v) is 28.4. The number of likely N-dealkylation sites (tertiary alicyclic amines) is 2. The molecular formula is C55H69N9O7S4. The van der Waals surface area contributed by atoms with Crippen molar-refractivity contribution < 1.29 is 33.1 Å². The number of benzene rings is 2. The zero-order valence-corrected chi connectivity index (χ0v) is 46.9. The van der Waals surface area contributed by atoms with Crippen LogP contribution >= 0.6 is 46.2 Å². The first kappa shape index (κ1) is 58.4. The van der Waals surface area contributed by atoms with E-state index in [0.717, 1.165) is 102 Å². The predicted octanol–water partition coefficient (Wildman–Crippen LogP) is 11.3. The van der Waals surface area contributed by atoms with Crippen LogP contribution in [0.4, 0.5) is 16.0 Å². The maximum Gasteiger partial charge on any atom is 0.327 e. The number of carbonyl (C=O) groups excluding carboxylic acids is 3. The lowest BCUT2D eigenvalue weighted by atomic mass is 9.94. The number of amides is 2. The number of piperidine rings is 2. The first-order valence-electron chi connectivity index (χ1n) is 24.8. The molecule has 4 aromatic heterocycles. The minimum Gasteiger partial charge on any atom is -0.478 e. The van der Waals surface area contributed by atoms with Gasteiger partial charge in [0.05, 0.1) is 44.7 Å². The number of carboxylic acid groups (broad SMARTS) is 1.